The first-order valence-electron chi connectivity index (χ1n) is 6.90. The number of phenolic OH excluding ortho intramolecular Hbond substituents is 1. The number of esters is 1. The van der Waals surface area contributed by atoms with Crippen molar-refractivity contribution in [3.8, 4) is 11.5 Å². The number of carbonyl (C=O) groups is 1. The first-order valence-corrected chi connectivity index (χ1v) is 8.11. The molecule has 0 fully saturated rings. The molecular weight excluding hydrogens is 384 g/mol. The van der Waals surface area contributed by atoms with Gasteiger partial charge >= 0.3 is 5.97 Å². The highest BCUT2D eigenvalue weighted by atomic mass is 79.9. The van der Waals surface area contributed by atoms with Crippen LogP contribution in [0.4, 0.5) is 0 Å². The molecule has 1 heterocycles. The van der Waals surface area contributed by atoms with Gasteiger partial charge in [-0.3, -0.25) is 0 Å². The first kappa shape index (κ1) is 17.6. The summed E-state index contributed by atoms with van der Waals surface area (Å²) in [7, 11) is 1.46. The van der Waals surface area contributed by atoms with E-state index in [9.17, 15) is 9.90 Å². The van der Waals surface area contributed by atoms with E-state index in [1.807, 2.05) is 0 Å². The van der Waals surface area contributed by atoms with Gasteiger partial charge in [0.2, 0.25) is 0 Å². The number of hydrogen-bond donors (Lipinski definition) is 3. The minimum atomic E-state index is -0.522. The van der Waals surface area contributed by atoms with E-state index in [0.29, 0.717) is 32.2 Å². The molecule has 0 spiro atoms. The summed E-state index contributed by atoms with van der Waals surface area (Å²) in [5.74, 6) is -0.134. The fourth-order valence-corrected chi connectivity index (χ4v) is 3.18. The van der Waals surface area contributed by atoms with Crippen molar-refractivity contribution in [2.24, 2.45) is 0 Å². The van der Waals surface area contributed by atoms with Gasteiger partial charge in [0.25, 0.3) is 0 Å². The van der Waals surface area contributed by atoms with Gasteiger partial charge in [-0.25, -0.2) is 4.79 Å². The Kier molecular flexibility index (Phi) is 5.48. The van der Waals surface area contributed by atoms with Crippen molar-refractivity contribution in [1.29, 1.82) is 0 Å². The molecule has 1 aromatic rings. The van der Waals surface area contributed by atoms with Gasteiger partial charge in [0.15, 0.2) is 16.6 Å². The number of methoxy groups -OCH3 is 1. The highest BCUT2D eigenvalue weighted by Crippen LogP contribution is 2.38. The zero-order chi connectivity index (χ0) is 17.1. The number of allylic oxidation sites excluding steroid dienone is 1. The maximum Gasteiger partial charge on any atom is 0.338 e. The second kappa shape index (κ2) is 7.18. The van der Waals surface area contributed by atoms with Crippen molar-refractivity contribution in [3.63, 3.8) is 0 Å². The fourth-order valence-electron chi connectivity index (χ4n) is 2.35. The number of hydrogen-bond acceptors (Lipinski definition) is 5. The van der Waals surface area contributed by atoms with Gasteiger partial charge in [-0.1, -0.05) is 15.9 Å². The molecule has 1 aliphatic heterocycles. The molecule has 23 heavy (non-hydrogen) atoms. The second-order valence-corrected chi connectivity index (χ2v) is 6.10. The molecule has 0 radical (unpaired) electrons. The first-order chi connectivity index (χ1) is 10.9. The van der Waals surface area contributed by atoms with Crippen LogP contribution in [0, 0.1) is 0 Å². The smallest absolute Gasteiger partial charge is 0.338 e. The molecule has 0 amide bonds. The standard InChI is InChI=1S/C15H17BrN2O4S/c1-4-22-14(20)12-7(2)17-15(23)18-13(12)8-5-11(21-3)10(19)6-9(8)16/h5-6,13,19H,4H2,1-3H3,(H2,17,18,23). The molecule has 1 aliphatic rings. The Bertz CT molecular complexity index is 690. The van der Waals surface area contributed by atoms with Gasteiger partial charge in [-0.15, -0.1) is 0 Å². The summed E-state index contributed by atoms with van der Waals surface area (Å²) in [4.78, 5) is 12.3. The number of aromatic hydroxyl groups is 1. The van der Waals surface area contributed by atoms with Gasteiger partial charge < -0.3 is 25.2 Å². The van der Waals surface area contributed by atoms with Gasteiger partial charge in [0.05, 0.1) is 25.3 Å². The molecule has 0 bridgehead atoms. The van der Waals surface area contributed by atoms with Gasteiger partial charge in [-0.05, 0) is 43.8 Å². The van der Waals surface area contributed by atoms with E-state index in [1.54, 1.807) is 19.9 Å². The predicted molar refractivity (Wildman–Crippen MR) is 93.3 cm³/mol. The summed E-state index contributed by atoms with van der Waals surface area (Å²) in [6.45, 7) is 3.78. The summed E-state index contributed by atoms with van der Waals surface area (Å²) in [5.41, 5.74) is 1.75. The lowest BCUT2D eigenvalue weighted by molar-refractivity contribution is -0.139. The topological polar surface area (TPSA) is 79.8 Å². The minimum absolute atomic E-state index is 0.00183. The number of benzene rings is 1. The van der Waals surface area contributed by atoms with Crippen LogP contribution in [0.1, 0.15) is 25.5 Å². The Morgan fingerprint density at radius 3 is 2.78 bits per heavy atom. The molecule has 6 nitrogen and oxygen atoms in total. The van der Waals surface area contributed by atoms with Crippen LogP contribution in [0.3, 0.4) is 0 Å². The molecule has 124 valence electrons. The lowest BCUT2D eigenvalue weighted by Gasteiger charge is -2.30. The maximum atomic E-state index is 12.3. The van der Waals surface area contributed by atoms with Crippen LogP contribution in [0.2, 0.25) is 0 Å². The largest absolute Gasteiger partial charge is 0.504 e. The van der Waals surface area contributed by atoms with Gasteiger partial charge in [0, 0.05) is 10.2 Å². The molecule has 0 saturated carbocycles. The Morgan fingerprint density at radius 2 is 2.17 bits per heavy atom. The monoisotopic (exact) mass is 400 g/mol. The van der Waals surface area contributed by atoms with E-state index in [4.69, 9.17) is 21.7 Å². The summed E-state index contributed by atoms with van der Waals surface area (Å²) in [6, 6.07) is 2.64. The lowest BCUT2D eigenvalue weighted by atomic mass is 9.95. The van der Waals surface area contributed by atoms with Crippen molar-refractivity contribution in [2.75, 3.05) is 13.7 Å². The third-order valence-corrected chi connectivity index (χ3v) is 4.28. The van der Waals surface area contributed by atoms with Crippen LogP contribution >= 0.6 is 28.1 Å². The lowest BCUT2D eigenvalue weighted by Crippen LogP contribution is -2.45. The average molecular weight is 401 g/mol. The molecule has 0 aliphatic carbocycles. The van der Waals surface area contributed by atoms with Crippen molar-refractivity contribution < 1.29 is 19.4 Å². The molecule has 8 heteroatoms. The van der Waals surface area contributed by atoms with E-state index in [1.165, 1.54) is 13.2 Å². The number of thiocarbonyl (C=S) groups is 1. The SMILES string of the molecule is CCOC(=O)C1=C(C)NC(=S)NC1c1cc(OC)c(O)cc1Br. The van der Waals surface area contributed by atoms with E-state index >= 15 is 0 Å². The van der Waals surface area contributed by atoms with Crippen LogP contribution in [-0.2, 0) is 9.53 Å². The minimum Gasteiger partial charge on any atom is -0.504 e. The summed E-state index contributed by atoms with van der Waals surface area (Å²) < 4.78 is 10.9. The van der Waals surface area contributed by atoms with Crippen molar-refractivity contribution in [1.82, 2.24) is 10.6 Å². The zero-order valence-corrected chi connectivity index (χ0v) is 15.3. The number of phenols is 1. The van der Waals surface area contributed by atoms with E-state index in [2.05, 4.69) is 26.6 Å². The zero-order valence-electron chi connectivity index (χ0n) is 12.9. The summed E-state index contributed by atoms with van der Waals surface area (Å²) in [6.07, 6.45) is 0. The predicted octanol–water partition coefficient (Wildman–Crippen LogP) is 2.52. The van der Waals surface area contributed by atoms with E-state index in [0.717, 1.165) is 0 Å². The highest BCUT2D eigenvalue weighted by molar-refractivity contribution is 9.10. The molecule has 1 atom stereocenters. The molecule has 2 rings (SSSR count). The molecular formula is C15H17BrN2O4S. The Balaban J connectivity index is 2.56. The fraction of sp³-hybridized carbons (Fsp3) is 0.333. The normalized spacial score (nSPS) is 17.4. The van der Waals surface area contributed by atoms with Crippen molar-refractivity contribution in [2.45, 2.75) is 19.9 Å². The van der Waals surface area contributed by atoms with Crippen molar-refractivity contribution in [3.05, 3.63) is 33.4 Å². The number of halogens is 1. The van der Waals surface area contributed by atoms with Crippen LogP contribution in [0.5, 0.6) is 11.5 Å². The van der Waals surface area contributed by atoms with E-state index in [-0.39, 0.29) is 12.4 Å². The molecule has 3 N–H and O–H groups in total. The van der Waals surface area contributed by atoms with Crippen LogP contribution in [0.25, 0.3) is 0 Å². The number of ether oxygens (including phenoxy) is 2. The van der Waals surface area contributed by atoms with Gasteiger partial charge in [0.1, 0.15) is 0 Å². The molecule has 0 aromatic heterocycles. The number of rotatable bonds is 4. The quantitative estimate of drug-likeness (QED) is 0.529. The van der Waals surface area contributed by atoms with Crippen LogP contribution < -0.4 is 15.4 Å². The highest BCUT2D eigenvalue weighted by Gasteiger charge is 2.32. The van der Waals surface area contributed by atoms with Crippen LogP contribution in [0.15, 0.2) is 27.9 Å². The second-order valence-electron chi connectivity index (χ2n) is 4.84. The third-order valence-electron chi connectivity index (χ3n) is 3.37. The molecule has 1 unspecified atom stereocenters. The van der Waals surface area contributed by atoms with Gasteiger partial charge in [-0.2, -0.15) is 0 Å². The molecule has 1 aromatic carbocycles. The van der Waals surface area contributed by atoms with Crippen LogP contribution in [-0.4, -0.2) is 29.9 Å². The Hall–Kier alpha value is -1.80. The summed E-state index contributed by atoms with van der Waals surface area (Å²) >= 11 is 8.60. The molecule has 0 saturated heterocycles. The average Bonchev–Trinajstić information content (AvgIpc) is 2.46. The van der Waals surface area contributed by atoms with Crippen molar-refractivity contribution >= 4 is 39.2 Å². The van der Waals surface area contributed by atoms with E-state index < -0.39 is 12.0 Å². The maximum absolute atomic E-state index is 12.3. The number of carbonyl (C=O) groups excluding carboxylic acids is 1. The number of nitrogens with one attached hydrogen (secondary N) is 2. The third kappa shape index (κ3) is 3.59. The Labute approximate surface area is 148 Å². The Morgan fingerprint density at radius 1 is 1.48 bits per heavy atom. The summed E-state index contributed by atoms with van der Waals surface area (Å²) in [5, 5.41) is 16.3.